The second-order valence-corrected chi connectivity index (χ2v) is 3.61. The Morgan fingerprint density at radius 1 is 1.35 bits per heavy atom. The number of H-pyrrole nitrogens is 1. The molecular formula is C11H9FN2O3. The van der Waals surface area contributed by atoms with E-state index in [0.717, 1.165) is 12.1 Å². The highest BCUT2D eigenvalue weighted by atomic mass is 19.1. The topological polar surface area (TPSA) is 82.5 Å². The normalized spacial score (nSPS) is 10.6. The maximum Gasteiger partial charge on any atom is 0.251 e. The van der Waals surface area contributed by atoms with Crippen LogP contribution < -0.4 is 5.56 Å². The van der Waals surface area contributed by atoms with E-state index in [2.05, 4.69) is 10.2 Å². The number of nitroso groups, excluding NO2 is 1. The lowest BCUT2D eigenvalue weighted by Crippen LogP contribution is -2.13. The molecule has 0 aliphatic heterocycles. The quantitative estimate of drug-likeness (QED) is 0.795. The van der Waals surface area contributed by atoms with Crippen molar-refractivity contribution in [3.05, 3.63) is 44.8 Å². The number of phenolic OH excluding ortho intramolecular Hbond substituents is 1. The number of aromatic amines is 1. The number of hydrogen-bond donors (Lipinski definition) is 2. The minimum absolute atomic E-state index is 0.0173. The molecule has 2 aromatic rings. The van der Waals surface area contributed by atoms with Gasteiger partial charge in [-0.2, -0.15) is 4.91 Å². The summed E-state index contributed by atoms with van der Waals surface area (Å²) in [5.41, 5.74) is 0.139. The third-order valence-corrected chi connectivity index (χ3v) is 2.45. The number of benzene rings is 1. The lowest BCUT2D eigenvalue weighted by Gasteiger charge is -2.04. The molecule has 0 unspecified atom stereocenters. The van der Waals surface area contributed by atoms with Gasteiger partial charge in [0.25, 0.3) is 5.56 Å². The fourth-order valence-corrected chi connectivity index (χ4v) is 1.65. The van der Waals surface area contributed by atoms with E-state index in [0.29, 0.717) is 10.9 Å². The lowest BCUT2D eigenvalue weighted by atomic mass is 10.1. The number of fused-ring (bicyclic) bond motifs is 1. The molecule has 0 fully saturated rings. The molecule has 2 rings (SSSR count). The lowest BCUT2D eigenvalue weighted by molar-refractivity contribution is 0.475. The summed E-state index contributed by atoms with van der Waals surface area (Å²) < 4.78 is 13.0. The fourth-order valence-electron chi connectivity index (χ4n) is 1.65. The number of aromatic hydroxyl groups is 1. The monoisotopic (exact) mass is 236 g/mol. The molecule has 88 valence electrons. The summed E-state index contributed by atoms with van der Waals surface area (Å²) in [4.78, 5) is 24.0. The van der Waals surface area contributed by atoms with Gasteiger partial charge in [-0.3, -0.25) is 4.79 Å². The highest BCUT2D eigenvalue weighted by Gasteiger charge is 2.08. The van der Waals surface area contributed by atoms with Crippen LogP contribution in [-0.2, 0) is 6.42 Å². The number of nitrogens with zero attached hydrogens (tertiary/aromatic N) is 1. The Bertz CT molecular complexity index is 636. The van der Waals surface area contributed by atoms with Gasteiger partial charge in [-0.05, 0) is 12.1 Å². The SMILES string of the molecule is O=NCCc1cc2c(O)cc(F)cc2[nH]c1=O. The zero-order valence-corrected chi connectivity index (χ0v) is 8.74. The smallest absolute Gasteiger partial charge is 0.251 e. The third kappa shape index (κ3) is 2.15. The van der Waals surface area contributed by atoms with Gasteiger partial charge in [0.2, 0.25) is 0 Å². The number of hydrogen-bond acceptors (Lipinski definition) is 4. The maximum atomic E-state index is 13.0. The molecule has 1 aromatic heterocycles. The molecule has 1 aromatic carbocycles. The molecule has 0 aliphatic carbocycles. The molecule has 6 heteroatoms. The maximum absolute atomic E-state index is 13.0. The van der Waals surface area contributed by atoms with Crippen molar-refractivity contribution in [1.82, 2.24) is 4.98 Å². The minimum atomic E-state index is -0.632. The first-order valence-electron chi connectivity index (χ1n) is 4.95. The first-order valence-corrected chi connectivity index (χ1v) is 4.95. The molecule has 0 aliphatic rings. The molecule has 0 saturated carbocycles. The molecule has 0 radical (unpaired) electrons. The van der Waals surface area contributed by atoms with E-state index in [9.17, 15) is 19.2 Å². The highest BCUT2D eigenvalue weighted by molar-refractivity contribution is 5.85. The largest absolute Gasteiger partial charge is 0.507 e. The van der Waals surface area contributed by atoms with Crippen molar-refractivity contribution < 1.29 is 9.50 Å². The first kappa shape index (κ1) is 11.3. The predicted molar refractivity (Wildman–Crippen MR) is 60.6 cm³/mol. The van der Waals surface area contributed by atoms with Gasteiger partial charge in [0.05, 0.1) is 12.1 Å². The van der Waals surface area contributed by atoms with Crippen molar-refractivity contribution in [3.8, 4) is 5.75 Å². The summed E-state index contributed by atoms with van der Waals surface area (Å²) in [6.07, 6.45) is 0.186. The number of phenols is 1. The van der Waals surface area contributed by atoms with E-state index in [-0.39, 0.29) is 24.2 Å². The van der Waals surface area contributed by atoms with Gasteiger partial charge in [-0.15, -0.1) is 0 Å². The Hall–Kier alpha value is -2.24. The zero-order valence-electron chi connectivity index (χ0n) is 8.74. The van der Waals surface area contributed by atoms with Crippen molar-refractivity contribution in [2.24, 2.45) is 5.18 Å². The summed E-state index contributed by atoms with van der Waals surface area (Å²) in [5.74, 6) is -0.885. The van der Waals surface area contributed by atoms with Gasteiger partial charge in [-0.1, -0.05) is 5.18 Å². The molecule has 0 bridgehead atoms. The molecule has 5 nitrogen and oxygen atoms in total. The molecular weight excluding hydrogens is 227 g/mol. The standard InChI is InChI=1S/C11H9FN2O3/c12-7-4-9-8(10(15)5-7)3-6(1-2-13-17)11(16)14-9/h3-5,15H,1-2H2,(H,14,16). The molecule has 0 saturated heterocycles. The number of aromatic nitrogens is 1. The summed E-state index contributed by atoms with van der Waals surface area (Å²) >= 11 is 0. The van der Waals surface area contributed by atoms with Crippen LogP contribution in [0.15, 0.2) is 28.2 Å². The van der Waals surface area contributed by atoms with Gasteiger partial charge in [0, 0.05) is 23.4 Å². The van der Waals surface area contributed by atoms with Crippen LogP contribution in [0.1, 0.15) is 5.56 Å². The average molecular weight is 236 g/mol. The van der Waals surface area contributed by atoms with E-state index in [1.807, 2.05) is 0 Å². The Balaban J connectivity index is 2.63. The van der Waals surface area contributed by atoms with Gasteiger partial charge in [0.1, 0.15) is 11.6 Å². The Labute approximate surface area is 94.9 Å². The molecule has 0 spiro atoms. The van der Waals surface area contributed by atoms with Crippen molar-refractivity contribution >= 4 is 10.9 Å². The first-order chi connectivity index (χ1) is 8.11. The van der Waals surface area contributed by atoms with E-state index < -0.39 is 11.4 Å². The van der Waals surface area contributed by atoms with E-state index in [4.69, 9.17) is 0 Å². The number of rotatable bonds is 3. The van der Waals surface area contributed by atoms with Gasteiger partial charge in [0.15, 0.2) is 0 Å². The van der Waals surface area contributed by atoms with Gasteiger partial charge < -0.3 is 10.1 Å². The van der Waals surface area contributed by atoms with Crippen molar-refractivity contribution in [1.29, 1.82) is 0 Å². The Kier molecular flexibility index (Phi) is 2.86. The van der Waals surface area contributed by atoms with Gasteiger partial charge >= 0.3 is 0 Å². The minimum Gasteiger partial charge on any atom is -0.507 e. The fraction of sp³-hybridized carbons (Fsp3) is 0.182. The van der Waals surface area contributed by atoms with E-state index >= 15 is 0 Å². The summed E-state index contributed by atoms with van der Waals surface area (Å²) in [6.45, 7) is -0.0173. The number of halogens is 1. The molecule has 0 amide bonds. The van der Waals surface area contributed by atoms with Crippen LogP contribution in [-0.4, -0.2) is 16.6 Å². The van der Waals surface area contributed by atoms with Crippen LogP contribution in [0.25, 0.3) is 10.9 Å². The number of pyridine rings is 1. The second kappa shape index (κ2) is 4.32. The molecule has 17 heavy (non-hydrogen) atoms. The van der Waals surface area contributed by atoms with E-state index in [1.165, 1.54) is 6.07 Å². The van der Waals surface area contributed by atoms with E-state index in [1.54, 1.807) is 0 Å². The summed E-state index contributed by atoms with van der Waals surface area (Å²) in [7, 11) is 0. The van der Waals surface area contributed by atoms with Crippen LogP contribution >= 0.6 is 0 Å². The Morgan fingerprint density at radius 3 is 2.82 bits per heavy atom. The average Bonchev–Trinajstić information content (AvgIpc) is 2.26. The van der Waals surface area contributed by atoms with Crippen LogP contribution in [0.4, 0.5) is 4.39 Å². The zero-order chi connectivity index (χ0) is 12.4. The third-order valence-electron chi connectivity index (χ3n) is 2.45. The van der Waals surface area contributed by atoms with Crippen LogP contribution in [0.3, 0.4) is 0 Å². The van der Waals surface area contributed by atoms with Gasteiger partial charge in [-0.25, -0.2) is 4.39 Å². The Morgan fingerprint density at radius 2 is 2.12 bits per heavy atom. The van der Waals surface area contributed by atoms with Crippen molar-refractivity contribution in [3.63, 3.8) is 0 Å². The van der Waals surface area contributed by atoms with Crippen LogP contribution in [0, 0.1) is 10.7 Å². The van der Waals surface area contributed by atoms with Crippen LogP contribution in [0.2, 0.25) is 0 Å². The summed E-state index contributed by atoms with van der Waals surface area (Å²) in [5, 5.41) is 12.5. The summed E-state index contributed by atoms with van der Waals surface area (Å²) in [6, 6.07) is 3.52. The number of nitrogens with one attached hydrogen (secondary N) is 1. The van der Waals surface area contributed by atoms with Crippen LogP contribution in [0.5, 0.6) is 5.75 Å². The predicted octanol–water partition coefficient (Wildman–Crippen LogP) is 1.68. The van der Waals surface area contributed by atoms with Crippen molar-refractivity contribution in [2.45, 2.75) is 6.42 Å². The highest BCUT2D eigenvalue weighted by Crippen LogP contribution is 2.24. The second-order valence-electron chi connectivity index (χ2n) is 3.61. The van der Waals surface area contributed by atoms with Crippen molar-refractivity contribution in [2.75, 3.05) is 6.54 Å². The molecule has 2 N–H and O–H groups in total. The molecule has 1 heterocycles. The molecule has 0 atom stereocenters.